The lowest BCUT2D eigenvalue weighted by atomic mass is 10.1. The number of carbonyl (C=O) groups excluding carboxylic acids is 1. The summed E-state index contributed by atoms with van der Waals surface area (Å²) in [5.41, 5.74) is 3.62. The number of hydrogen-bond donors (Lipinski definition) is 2. The van der Waals surface area contributed by atoms with E-state index in [1.165, 1.54) is 24.4 Å². The minimum absolute atomic E-state index is 0.0886. The van der Waals surface area contributed by atoms with Gasteiger partial charge in [-0.2, -0.15) is 5.10 Å². The van der Waals surface area contributed by atoms with E-state index in [-0.39, 0.29) is 10.5 Å². The summed E-state index contributed by atoms with van der Waals surface area (Å²) in [6, 6.07) is 15.1. The number of rotatable bonds is 5. The first-order valence-corrected chi connectivity index (χ1v) is 11.8. The Kier molecular flexibility index (Phi) is 4.96. The molecular weight excluding hydrogens is 450 g/mol. The molecule has 8 nitrogen and oxygen atoms in total. The highest BCUT2D eigenvalue weighted by Gasteiger charge is 2.29. The number of primary sulfonamides is 1. The molecule has 10 heteroatoms. The first kappa shape index (κ1) is 20.6. The van der Waals surface area contributed by atoms with Crippen molar-refractivity contribution in [1.82, 2.24) is 14.6 Å². The summed E-state index contributed by atoms with van der Waals surface area (Å²) in [6.07, 6.45) is 3.58. The number of nitrogens with one attached hydrogen (secondary N) is 1. The number of carbonyl (C=O) groups is 1. The molecule has 1 saturated carbocycles. The lowest BCUT2D eigenvalue weighted by molar-refractivity contribution is 0.102. The summed E-state index contributed by atoms with van der Waals surface area (Å²) >= 11 is 6.02. The minimum atomic E-state index is -3.89. The van der Waals surface area contributed by atoms with Gasteiger partial charge in [0.15, 0.2) is 5.65 Å². The van der Waals surface area contributed by atoms with Gasteiger partial charge in [0.2, 0.25) is 10.0 Å². The van der Waals surface area contributed by atoms with Crippen LogP contribution in [0.2, 0.25) is 5.02 Å². The van der Waals surface area contributed by atoms with Crippen molar-refractivity contribution >= 4 is 38.9 Å². The number of nitrogens with zero attached hydrogens (tertiary/aromatic N) is 3. The second kappa shape index (κ2) is 7.70. The Morgan fingerprint density at radius 3 is 2.56 bits per heavy atom. The summed E-state index contributed by atoms with van der Waals surface area (Å²) in [5, 5.41) is 12.9. The number of nitrogens with two attached hydrogens (primary N) is 1. The molecule has 0 spiro atoms. The van der Waals surface area contributed by atoms with Crippen molar-refractivity contribution in [3.05, 3.63) is 77.1 Å². The van der Waals surface area contributed by atoms with Gasteiger partial charge in [-0.3, -0.25) is 4.79 Å². The average Bonchev–Trinajstić information content (AvgIpc) is 3.51. The van der Waals surface area contributed by atoms with Gasteiger partial charge >= 0.3 is 0 Å². The molecule has 2 aromatic carbocycles. The number of halogens is 1. The normalized spacial score (nSPS) is 13.9. The minimum Gasteiger partial charge on any atom is -0.322 e. The van der Waals surface area contributed by atoms with Crippen molar-refractivity contribution < 1.29 is 13.2 Å². The smallest absolute Gasteiger partial charge is 0.261 e. The lowest BCUT2D eigenvalue weighted by Crippen LogP contribution is -2.15. The van der Waals surface area contributed by atoms with E-state index in [2.05, 4.69) is 10.4 Å². The van der Waals surface area contributed by atoms with Gasteiger partial charge in [0.05, 0.1) is 16.8 Å². The van der Waals surface area contributed by atoms with Gasteiger partial charge in [-0.05, 0) is 49.2 Å². The van der Waals surface area contributed by atoms with Gasteiger partial charge in [-0.15, -0.1) is 0 Å². The highest BCUT2D eigenvalue weighted by molar-refractivity contribution is 7.89. The molecule has 1 aliphatic carbocycles. The zero-order chi connectivity index (χ0) is 22.5. The Bertz CT molecular complexity index is 1460. The van der Waals surface area contributed by atoms with E-state index in [4.69, 9.17) is 21.7 Å². The molecule has 2 heterocycles. The fourth-order valence-electron chi connectivity index (χ4n) is 3.53. The van der Waals surface area contributed by atoms with Crippen LogP contribution >= 0.6 is 11.6 Å². The zero-order valence-electron chi connectivity index (χ0n) is 16.7. The molecule has 3 N–H and O–H groups in total. The van der Waals surface area contributed by atoms with E-state index in [0.29, 0.717) is 22.3 Å². The van der Waals surface area contributed by atoms with Gasteiger partial charge in [0, 0.05) is 27.9 Å². The summed E-state index contributed by atoms with van der Waals surface area (Å²) in [5.74, 6) is -0.0807. The SMILES string of the molecule is NS(=O)(=O)c1cccc(NC(=O)c2cnn3c(C4CC4)cc(-c4ccc(Cl)cc4)nc23)c1. The molecule has 0 radical (unpaired) electrons. The van der Waals surface area contributed by atoms with Gasteiger partial charge in [0.1, 0.15) is 5.56 Å². The van der Waals surface area contributed by atoms with Crippen LogP contribution in [0.15, 0.2) is 65.7 Å². The van der Waals surface area contributed by atoms with E-state index in [9.17, 15) is 13.2 Å². The molecule has 0 atom stereocenters. The number of anilines is 1. The van der Waals surface area contributed by atoms with Crippen molar-refractivity contribution in [3.63, 3.8) is 0 Å². The molecule has 0 saturated heterocycles. The Labute approximate surface area is 189 Å². The van der Waals surface area contributed by atoms with Crippen LogP contribution in [0.3, 0.4) is 0 Å². The molecule has 1 fully saturated rings. The van der Waals surface area contributed by atoms with Crippen LogP contribution in [0.25, 0.3) is 16.9 Å². The van der Waals surface area contributed by atoms with E-state index in [1.807, 2.05) is 18.2 Å². The summed E-state index contributed by atoms with van der Waals surface area (Å²) in [7, 11) is -3.89. The molecule has 0 aliphatic heterocycles. The highest BCUT2D eigenvalue weighted by Crippen LogP contribution is 2.41. The van der Waals surface area contributed by atoms with Crippen molar-refractivity contribution in [2.75, 3.05) is 5.32 Å². The van der Waals surface area contributed by atoms with Crippen LogP contribution in [0.4, 0.5) is 5.69 Å². The third kappa shape index (κ3) is 3.97. The highest BCUT2D eigenvalue weighted by atomic mass is 35.5. The number of benzene rings is 2. The van der Waals surface area contributed by atoms with Gasteiger partial charge in [-0.25, -0.2) is 23.1 Å². The number of aromatic nitrogens is 3. The quantitative estimate of drug-likeness (QED) is 0.462. The monoisotopic (exact) mass is 467 g/mol. The first-order valence-electron chi connectivity index (χ1n) is 9.88. The van der Waals surface area contributed by atoms with Gasteiger partial charge in [0.25, 0.3) is 5.91 Å². The van der Waals surface area contributed by atoms with Crippen LogP contribution in [0.5, 0.6) is 0 Å². The summed E-state index contributed by atoms with van der Waals surface area (Å²) < 4.78 is 24.9. The lowest BCUT2D eigenvalue weighted by Gasteiger charge is -2.09. The third-order valence-corrected chi connectivity index (χ3v) is 6.46. The second-order valence-corrected chi connectivity index (χ2v) is 9.67. The van der Waals surface area contributed by atoms with E-state index in [0.717, 1.165) is 29.8 Å². The number of sulfonamides is 1. The van der Waals surface area contributed by atoms with E-state index < -0.39 is 15.9 Å². The van der Waals surface area contributed by atoms with Crippen molar-refractivity contribution in [2.45, 2.75) is 23.7 Å². The average molecular weight is 468 g/mol. The second-order valence-electron chi connectivity index (χ2n) is 7.67. The molecule has 0 bridgehead atoms. The molecule has 162 valence electrons. The van der Waals surface area contributed by atoms with Crippen molar-refractivity contribution in [2.24, 2.45) is 5.14 Å². The van der Waals surface area contributed by atoms with Crippen molar-refractivity contribution in [3.8, 4) is 11.3 Å². The summed E-state index contributed by atoms with van der Waals surface area (Å²) in [6.45, 7) is 0. The number of amides is 1. The maximum atomic E-state index is 13.0. The molecule has 1 amide bonds. The molecule has 32 heavy (non-hydrogen) atoms. The molecule has 5 rings (SSSR count). The van der Waals surface area contributed by atoms with Gasteiger partial charge < -0.3 is 5.32 Å². The Morgan fingerprint density at radius 1 is 1.12 bits per heavy atom. The zero-order valence-corrected chi connectivity index (χ0v) is 18.3. The van der Waals surface area contributed by atoms with Crippen LogP contribution < -0.4 is 10.5 Å². The van der Waals surface area contributed by atoms with Crippen LogP contribution in [-0.4, -0.2) is 28.9 Å². The molecule has 2 aromatic heterocycles. The predicted octanol–water partition coefficient (Wildman–Crippen LogP) is 3.83. The number of fused-ring (bicyclic) bond motifs is 1. The maximum Gasteiger partial charge on any atom is 0.261 e. The van der Waals surface area contributed by atoms with Crippen LogP contribution in [-0.2, 0) is 10.0 Å². The molecular formula is C22H18ClN5O3S. The topological polar surface area (TPSA) is 119 Å². The Morgan fingerprint density at radius 2 is 1.88 bits per heavy atom. The van der Waals surface area contributed by atoms with Crippen molar-refractivity contribution in [1.29, 1.82) is 0 Å². The molecule has 0 unspecified atom stereocenters. The predicted molar refractivity (Wildman–Crippen MR) is 121 cm³/mol. The Hall–Kier alpha value is -3.27. The van der Waals surface area contributed by atoms with E-state index in [1.54, 1.807) is 22.7 Å². The molecule has 1 aliphatic rings. The summed E-state index contributed by atoms with van der Waals surface area (Å²) in [4.78, 5) is 17.7. The fraction of sp³-hybridized carbons (Fsp3) is 0.136. The third-order valence-electron chi connectivity index (χ3n) is 5.30. The largest absolute Gasteiger partial charge is 0.322 e. The molecule has 4 aromatic rings. The Balaban J connectivity index is 1.56. The standard InChI is InChI=1S/C22H18ClN5O3S/c23-15-8-6-13(7-9-15)19-11-20(14-4-5-14)28-21(27-19)18(12-25-28)22(29)26-16-2-1-3-17(10-16)32(24,30)31/h1-3,6-12,14H,4-5H2,(H,26,29)(H2,24,30,31). The van der Waals surface area contributed by atoms with Gasteiger partial charge in [-0.1, -0.05) is 29.8 Å². The van der Waals surface area contributed by atoms with Crippen LogP contribution in [0.1, 0.15) is 34.8 Å². The van der Waals surface area contributed by atoms with Crippen LogP contribution in [0, 0.1) is 0 Å². The van der Waals surface area contributed by atoms with E-state index >= 15 is 0 Å². The number of hydrogen-bond acceptors (Lipinski definition) is 5. The first-order chi connectivity index (χ1) is 15.3. The maximum absolute atomic E-state index is 13.0. The fourth-order valence-corrected chi connectivity index (χ4v) is 4.22.